The largest absolute Gasteiger partial charge is 0.465 e. The van der Waals surface area contributed by atoms with Gasteiger partial charge in [-0.2, -0.15) is 0 Å². The van der Waals surface area contributed by atoms with Crippen LogP contribution in [0.15, 0.2) is 23.0 Å². The Kier molecular flexibility index (Phi) is 4.37. The molecule has 1 aromatic carbocycles. The van der Waals surface area contributed by atoms with Crippen molar-refractivity contribution in [1.29, 1.82) is 0 Å². The van der Waals surface area contributed by atoms with Crippen LogP contribution in [0.3, 0.4) is 0 Å². The van der Waals surface area contributed by atoms with Gasteiger partial charge in [-0.3, -0.25) is 4.79 Å². The van der Waals surface area contributed by atoms with Crippen molar-refractivity contribution in [2.45, 2.75) is 38.5 Å². The van der Waals surface area contributed by atoms with Crippen LogP contribution < -0.4 is 10.4 Å². The van der Waals surface area contributed by atoms with Crippen molar-refractivity contribution in [2.24, 2.45) is 0 Å². The summed E-state index contributed by atoms with van der Waals surface area (Å²) in [6, 6.07) is 5.10. The van der Waals surface area contributed by atoms with Crippen LogP contribution in [0.4, 0.5) is 0 Å². The van der Waals surface area contributed by atoms with Crippen molar-refractivity contribution in [1.82, 2.24) is 4.73 Å². The van der Waals surface area contributed by atoms with E-state index in [0.29, 0.717) is 10.9 Å². The standard InChI is InChI=1S/C18H21NO4/c1-22-18(21)12-9-10-14-15(11-12)13-7-5-3-4-6-8-16(13)19(23-2)17(14)20/h9-11H,3-8H2,1-2H3. The smallest absolute Gasteiger partial charge is 0.337 e. The van der Waals surface area contributed by atoms with Gasteiger partial charge < -0.3 is 9.57 Å². The van der Waals surface area contributed by atoms with Gasteiger partial charge in [0.1, 0.15) is 7.11 Å². The zero-order valence-electron chi connectivity index (χ0n) is 13.6. The van der Waals surface area contributed by atoms with Gasteiger partial charge in [0.05, 0.1) is 23.8 Å². The summed E-state index contributed by atoms with van der Waals surface area (Å²) >= 11 is 0. The zero-order valence-corrected chi connectivity index (χ0v) is 13.6. The van der Waals surface area contributed by atoms with Crippen molar-refractivity contribution in [3.63, 3.8) is 0 Å². The average Bonchev–Trinajstić information content (AvgIpc) is 2.55. The lowest BCUT2D eigenvalue weighted by Gasteiger charge is -2.20. The van der Waals surface area contributed by atoms with Crippen molar-refractivity contribution >= 4 is 16.7 Å². The van der Waals surface area contributed by atoms with Gasteiger partial charge in [0.2, 0.25) is 0 Å². The molecule has 0 fully saturated rings. The normalized spacial score (nSPS) is 14.7. The number of hydrogen-bond donors (Lipinski definition) is 0. The number of carbonyl (C=O) groups excluding carboxylic acids is 1. The molecule has 5 heteroatoms. The van der Waals surface area contributed by atoms with Crippen LogP contribution in [-0.2, 0) is 17.6 Å². The number of aryl methyl sites for hydroxylation is 1. The first-order chi connectivity index (χ1) is 11.2. The van der Waals surface area contributed by atoms with E-state index in [2.05, 4.69) is 0 Å². The number of carbonyl (C=O) groups is 1. The molecule has 1 aliphatic rings. The highest BCUT2D eigenvalue weighted by Gasteiger charge is 2.19. The molecule has 2 aromatic rings. The average molecular weight is 315 g/mol. The molecule has 0 spiro atoms. The summed E-state index contributed by atoms with van der Waals surface area (Å²) in [5.74, 6) is -0.387. The molecule has 5 nitrogen and oxygen atoms in total. The van der Waals surface area contributed by atoms with Gasteiger partial charge in [-0.25, -0.2) is 4.79 Å². The number of aromatic nitrogens is 1. The summed E-state index contributed by atoms with van der Waals surface area (Å²) in [5.41, 5.74) is 2.36. The Labute approximate surface area is 134 Å². The van der Waals surface area contributed by atoms with E-state index in [1.165, 1.54) is 25.4 Å². The first-order valence-corrected chi connectivity index (χ1v) is 8.00. The Morgan fingerprint density at radius 1 is 1.04 bits per heavy atom. The molecule has 0 saturated carbocycles. The van der Waals surface area contributed by atoms with Gasteiger partial charge in [-0.05, 0) is 54.8 Å². The molecule has 122 valence electrons. The highest BCUT2D eigenvalue weighted by Crippen LogP contribution is 2.26. The maximum atomic E-state index is 12.7. The third-order valence-corrected chi connectivity index (χ3v) is 4.55. The molecule has 0 aliphatic heterocycles. The maximum absolute atomic E-state index is 12.7. The molecule has 0 bridgehead atoms. The fourth-order valence-corrected chi connectivity index (χ4v) is 3.41. The lowest BCUT2D eigenvalue weighted by molar-refractivity contribution is 0.0601. The van der Waals surface area contributed by atoms with Crippen molar-refractivity contribution in [2.75, 3.05) is 14.2 Å². The first kappa shape index (κ1) is 15.6. The van der Waals surface area contributed by atoms with Crippen molar-refractivity contribution in [3.05, 3.63) is 45.4 Å². The van der Waals surface area contributed by atoms with Gasteiger partial charge in [-0.15, -0.1) is 4.73 Å². The van der Waals surface area contributed by atoms with E-state index in [0.717, 1.165) is 48.7 Å². The second-order valence-corrected chi connectivity index (χ2v) is 5.87. The molecule has 0 radical (unpaired) electrons. The molecule has 1 heterocycles. The Hall–Kier alpha value is -2.30. The lowest BCUT2D eigenvalue weighted by atomic mass is 9.92. The second-order valence-electron chi connectivity index (χ2n) is 5.87. The number of ether oxygens (including phenoxy) is 1. The molecule has 1 aromatic heterocycles. The minimum absolute atomic E-state index is 0.168. The van der Waals surface area contributed by atoms with Crippen LogP contribution in [-0.4, -0.2) is 24.9 Å². The van der Waals surface area contributed by atoms with E-state index in [4.69, 9.17) is 9.57 Å². The van der Waals surface area contributed by atoms with Gasteiger partial charge in [0, 0.05) is 0 Å². The van der Waals surface area contributed by atoms with Crippen molar-refractivity contribution < 1.29 is 14.4 Å². The Morgan fingerprint density at radius 2 is 1.78 bits per heavy atom. The minimum Gasteiger partial charge on any atom is -0.465 e. The van der Waals surface area contributed by atoms with E-state index in [1.54, 1.807) is 18.2 Å². The fourth-order valence-electron chi connectivity index (χ4n) is 3.41. The van der Waals surface area contributed by atoms with Crippen LogP contribution in [0.1, 0.15) is 47.3 Å². The van der Waals surface area contributed by atoms with Crippen LogP contribution in [0.2, 0.25) is 0 Å². The van der Waals surface area contributed by atoms with E-state index >= 15 is 0 Å². The number of rotatable bonds is 2. The summed E-state index contributed by atoms with van der Waals surface area (Å²) in [6.07, 6.45) is 6.17. The number of esters is 1. The third kappa shape index (κ3) is 2.71. The van der Waals surface area contributed by atoms with Gasteiger partial charge in [0.15, 0.2) is 0 Å². The topological polar surface area (TPSA) is 57.5 Å². The molecule has 0 amide bonds. The SMILES string of the molecule is COC(=O)c1ccc2c(=O)n(OC)c3c(c2c1)CCCCCC3. The zero-order chi connectivity index (χ0) is 16.4. The Bertz CT molecular complexity index is 807. The van der Waals surface area contributed by atoms with Crippen LogP contribution in [0.5, 0.6) is 0 Å². The van der Waals surface area contributed by atoms with Crippen LogP contribution >= 0.6 is 0 Å². The summed E-state index contributed by atoms with van der Waals surface area (Å²) in [5, 5.41) is 1.43. The molecule has 1 aliphatic carbocycles. The minimum atomic E-state index is -0.387. The molecule has 0 N–H and O–H groups in total. The molecule has 3 rings (SSSR count). The van der Waals surface area contributed by atoms with E-state index in [1.807, 2.05) is 0 Å². The highest BCUT2D eigenvalue weighted by molar-refractivity contribution is 5.96. The molecule has 0 unspecified atom stereocenters. The van der Waals surface area contributed by atoms with Gasteiger partial charge >= 0.3 is 5.97 Å². The number of methoxy groups -OCH3 is 1. The quantitative estimate of drug-likeness (QED) is 0.799. The van der Waals surface area contributed by atoms with E-state index in [9.17, 15) is 9.59 Å². The molecule has 0 atom stereocenters. The Balaban J connectivity index is 2.32. The first-order valence-electron chi connectivity index (χ1n) is 8.00. The van der Waals surface area contributed by atoms with Crippen molar-refractivity contribution in [3.8, 4) is 0 Å². The predicted octanol–water partition coefficient (Wildman–Crippen LogP) is 2.51. The summed E-state index contributed by atoms with van der Waals surface area (Å²) in [4.78, 5) is 29.9. The predicted molar refractivity (Wildman–Crippen MR) is 87.9 cm³/mol. The molecule has 23 heavy (non-hydrogen) atoms. The number of pyridine rings is 1. The number of hydrogen-bond acceptors (Lipinski definition) is 4. The number of nitrogens with zero attached hydrogens (tertiary/aromatic N) is 1. The molecule has 0 saturated heterocycles. The molecular formula is C18H21NO4. The van der Waals surface area contributed by atoms with E-state index in [-0.39, 0.29) is 11.5 Å². The summed E-state index contributed by atoms with van der Waals surface area (Å²) < 4.78 is 6.22. The van der Waals surface area contributed by atoms with Crippen LogP contribution in [0, 0.1) is 0 Å². The third-order valence-electron chi connectivity index (χ3n) is 4.55. The monoisotopic (exact) mass is 315 g/mol. The summed E-state index contributed by atoms with van der Waals surface area (Å²) in [7, 11) is 2.88. The van der Waals surface area contributed by atoms with Gasteiger partial charge in [0.25, 0.3) is 5.56 Å². The summed E-state index contributed by atoms with van der Waals surface area (Å²) in [6.45, 7) is 0. The maximum Gasteiger partial charge on any atom is 0.337 e. The molecular weight excluding hydrogens is 294 g/mol. The lowest BCUT2D eigenvalue weighted by Crippen LogP contribution is -2.30. The fraction of sp³-hybridized carbons (Fsp3) is 0.444. The number of fused-ring (bicyclic) bond motifs is 3. The van der Waals surface area contributed by atoms with Crippen LogP contribution in [0.25, 0.3) is 10.8 Å². The van der Waals surface area contributed by atoms with E-state index < -0.39 is 0 Å². The highest BCUT2D eigenvalue weighted by atomic mass is 16.6. The Morgan fingerprint density at radius 3 is 2.48 bits per heavy atom. The second kappa shape index (κ2) is 6.44. The number of benzene rings is 1. The van der Waals surface area contributed by atoms with Gasteiger partial charge in [-0.1, -0.05) is 12.8 Å².